The smallest absolute Gasteiger partial charge is 0.146 e. The van der Waals surface area contributed by atoms with Crippen LogP contribution in [-0.4, -0.2) is 31.2 Å². The Hall–Kier alpha value is -1.62. The average Bonchev–Trinajstić information content (AvgIpc) is 2.51. The van der Waals surface area contributed by atoms with Gasteiger partial charge in [0.05, 0.1) is 10.2 Å². The van der Waals surface area contributed by atoms with Gasteiger partial charge in [-0.15, -0.1) is 0 Å². The van der Waals surface area contributed by atoms with E-state index in [4.69, 9.17) is 0 Å². The zero-order chi connectivity index (χ0) is 14.8. The van der Waals surface area contributed by atoms with Crippen molar-refractivity contribution in [3.63, 3.8) is 0 Å². The molecule has 1 fully saturated rings. The van der Waals surface area contributed by atoms with Gasteiger partial charge in [0.15, 0.2) is 0 Å². The summed E-state index contributed by atoms with van der Waals surface area (Å²) in [4.78, 5) is 8.80. The average molecular weight is 350 g/mol. The number of benzene rings is 1. The fourth-order valence-corrected chi connectivity index (χ4v) is 3.10. The molecule has 1 aliphatic rings. The van der Waals surface area contributed by atoms with Gasteiger partial charge >= 0.3 is 0 Å². The lowest BCUT2D eigenvalue weighted by Gasteiger charge is -2.37. The number of hydrogen-bond donors (Lipinski definition) is 0. The SMILES string of the molecule is Cc1ccnc(N2CCN(c3ccccc3F)CC2)c1Br. The standard InChI is InChI=1S/C16H17BrFN3/c1-12-6-7-19-16(15(12)17)21-10-8-20(9-11-21)14-5-3-2-4-13(14)18/h2-7H,8-11H2,1H3. The van der Waals surface area contributed by atoms with E-state index in [0.717, 1.165) is 36.5 Å². The monoisotopic (exact) mass is 349 g/mol. The summed E-state index contributed by atoms with van der Waals surface area (Å²) >= 11 is 3.61. The second-order valence-corrected chi connectivity index (χ2v) is 5.98. The predicted octanol–water partition coefficient (Wildman–Crippen LogP) is 3.62. The summed E-state index contributed by atoms with van der Waals surface area (Å²) in [5.74, 6) is 0.823. The van der Waals surface area contributed by atoms with Crippen molar-refractivity contribution in [1.82, 2.24) is 4.98 Å². The topological polar surface area (TPSA) is 19.4 Å². The maximum atomic E-state index is 13.8. The van der Waals surface area contributed by atoms with Crippen molar-refractivity contribution in [2.45, 2.75) is 6.92 Å². The summed E-state index contributed by atoms with van der Waals surface area (Å²) in [7, 11) is 0. The zero-order valence-electron chi connectivity index (χ0n) is 11.9. The number of nitrogens with zero attached hydrogens (tertiary/aromatic N) is 3. The number of anilines is 2. The van der Waals surface area contributed by atoms with E-state index in [-0.39, 0.29) is 5.82 Å². The van der Waals surface area contributed by atoms with Crippen molar-refractivity contribution in [1.29, 1.82) is 0 Å². The first kappa shape index (κ1) is 14.3. The van der Waals surface area contributed by atoms with Crippen molar-refractivity contribution in [3.8, 4) is 0 Å². The van der Waals surface area contributed by atoms with Crippen LogP contribution in [0.1, 0.15) is 5.56 Å². The van der Waals surface area contributed by atoms with Gasteiger partial charge in [0.1, 0.15) is 11.6 Å². The Bertz CT molecular complexity index is 639. The Morgan fingerprint density at radius 2 is 1.71 bits per heavy atom. The molecule has 1 aromatic carbocycles. The highest BCUT2D eigenvalue weighted by Gasteiger charge is 2.21. The molecule has 110 valence electrons. The van der Waals surface area contributed by atoms with Gasteiger partial charge in [0, 0.05) is 32.4 Å². The molecule has 0 unspecified atom stereocenters. The summed E-state index contributed by atoms with van der Waals surface area (Å²) in [5, 5.41) is 0. The summed E-state index contributed by atoms with van der Waals surface area (Å²) in [6.07, 6.45) is 1.83. The van der Waals surface area contributed by atoms with E-state index < -0.39 is 0 Å². The fourth-order valence-electron chi connectivity index (χ4n) is 2.61. The molecule has 5 heteroatoms. The number of halogens is 2. The number of pyridine rings is 1. The third kappa shape index (κ3) is 2.88. The predicted molar refractivity (Wildman–Crippen MR) is 87.5 cm³/mol. The highest BCUT2D eigenvalue weighted by Crippen LogP contribution is 2.28. The van der Waals surface area contributed by atoms with Gasteiger partial charge in [-0.05, 0) is 46.6 Å². The molecule has 0 radical (unpaired) electrons. The van der Waals surface area contributed by atoms with Gasteiger partial charge in [0.25, 0.3) is 0 Å². The third-order valence-electron chi connectivity index (χ3n) is 3.84. The first-order valence-electron chi connectivity index (χ1n) is 7.02. The summed E-state index contributed by atoms with van der Waals surface area (Å²) in [5.41, 5.74) is 1.87. The molecular formula is C16H17BrFN3. The number of hydrogen-bond acceptors (Lipinski definition) is 3. The Labute approximate surface area is 132 Å². The number of para-hydroxylation sites is 1. The molecule has 2 aromatic rings. The lowest BCUT2D eigenvalue weighted by molar-refractivity contribution is 0.596. The minimum atomic E-state index is -0.152. The number of aryl methyl sites for hydroxylation is 1. The lowest BCUT2D eigenvalue weighted by atomic mass is 10.2. The van der Waals surface area contributed by atoms with Crippen LogP contribution in [0, 0.1) is 12.7 Å². The Balaban J connectivity index is 1.74. The minimum absolute atomic E-state index is 0.152. The van der Waals surface area contributed by atoms with E-state index in [0.29, 0.717) is 5.69 Å². The molecule has 3 rings (SSSR count). The second-order valence-electron chi connectivity index (χ2n) is 5.19. The van der Waals surface area contributed by atoms with Crippen molar-refractivity contribution in [2.24, 2.45) is 0 Å². The number of rotatable bonds is 2. The van der Waals surface area contributed by atoms with Crippen LogP contribution in [0.4, 0.5) is 15.9 Å². The molecule has 0 spiro atoms. The van der Waals surface area contributed by atoms with Crippen molar-refractivity contribution in [3.05, 3.63) is 52.4 Å². The zero-order valence-corrected chi connectivity index (χ0v) is 13.5. The van der Waals surface area contributed by atoms with Gasteiger partial charge in [-0.3, -0.25) is 0 Å². The highest BCUT2D eigenvalue weighted by atomic mass is 79.9. The Morgan fingerprint density at radius 1 is 1.05 bits per heavy atom. The van der Waals surface area contributed by atoms with Crippen molar-refractivity contribution >= 4 is 27.4 Å². The van der Waals surface area contributed by atoms with Crippen LogP contribution in [0.5, 0.6) is 0 Å². The van der Waals surface area contributed by atoms with Crippen molar-refractivity contribution in [2.75, 3.05) is 36.0 Å². The van der Waals surface area contributed by atoms with E-state index in [1.807, 2.05) is 24.4 Å². The van der Waals surface area contributed by atoms with Gasteiger partial charge in [-0.2, -0.15) is 0 Å². The van der Waals surface area contributed by atoms with E-state index in [9.17, 15) is 4.39 Å². The van der Waals surface area contributed by atoms with Crippen molar-refractivity contribution < 1.29 is 4.39 Å². The molecule has 3 nitrogen and oxygen atoms in total. The molecule has 0 bridgehead atoms. The van der Waals surface area contributed by atoms with E-state index in [2.05, 4.69) is 37.6 Å². The van der Waals surface area contributed by atoms with Crippen LogP contribution in [-0.2, 0) is 0 Å². The molecule has 0 aliphatic carbocycles. The van der Waals surface area contributed by atoms with E-state index in [1.54, 1.807) is 6.07 Å². The normalized spacial score (nSPS) is 15.4. The van der Waals surface area contributed by atoms with Gasteiger partial charge in [-0.1, -0.05) is 12.1 Å². The molecular weight excluding hydrogens is 333 g/mol. The van der Waals surface area contributed by atoms with Gasteiger partial charge < -0.3 is 9.80 Å². The molecule has 0 amide bonds. The highest BCUT2D eigenvalue weighted by molar-refractivity contribution is 9.10. The van der Waals surface area contributed by atoms with Crippen LogP contribution < -0.4 is 9.80 Å². The second kappa shape index (κ2) is 6.02. The van der Waals surface area contributed by atoms with Crippen LogP contribution >= 0.6 is 15.9 Å². The largest absolute Gasteiger partial charge is 0.366 e. The Kier molecular flexibility index (Phi) is 4.10. The fraction of sp³-hybridized carbons (Fsp3) is 0.312. The first-order valence-corrected chi connectivity index (χ1v) is 7.81. The molecule has 1 aliphatic heterocycles. The Morgan fingerprint density at radius 3 is 2.43 bits per heavy atom. The summed E-state index contributed by atoms with van der Waals surface area (Å²) in [6, 6.07) is 8.95. The van der Waals surface area contributed by atoms with Crippen LogP contribution in [0.2, 0.25) is 0 Å². The maximum Gasteiger partial charge on any atom is 0.146 e. The maximum absolute atomic E-state index is 13.8. The molecule has 21 heavy (non-hydrogen) atoms. The van der Waals surface area contributed by atoms with Crippen LogP contribution in [0.3, 0.4) is 0 Å². The molecule has 1 aromatic heterocycles. The quantitative estimate of drug-likeness (QED) is 0.825. The number of piperazine rings is 1. The van der Waals surface area contributed by atoms with Gasteiger partial charge in [-0.25, -0.2) is 9.37 Å². The molecule has 0 atom stereocenters. The lowest BCUT2D eigenvalue weighted by Crippen LogP contribution is -2.47. The van der Waals surface area contributed by atoms with E-state index in [1.165, 1.54) is 11.6 Å². The first-order chi connectivity index (χ1) is 10.2. The molecule has 1 saturated heterocycles. The minimum Gasteiger partial charge on any atom is -0.366 e. The third-order valence-corrected chi connectivity index (χ3v) is 4.82. The molecule has 0 saturated carbocycles. The molecule has 2 heterocycles. The molecule has 0 N–H and O–H groups in total. The number of aromatic nitrogens is 1. The van der Waals surface area contributed by atoms with Crippen LogP contribution in [0.25, 0.3) is 0 Å². The summed E-state index contributed by atoms with van der Waals surface area (Å²) < 4.78 is 14.9. The van der Waals surface area contributed by atoms with Crippen LogP contribution in [0.15, 0.2) is 41.0 Å². The van der Waals surface area contributed by atoms with Gasteiger partial charge in [0.2, 0.25) is 0 Å². The van der Waals surface area contributed by atoms with E-state index >= 15 is 0 Å². The summed E-state index contributed by atoms with van der Waals surface area (Å²) in [6.45, 7) is 5.32.